The van der Waals surface area contributed by atoms with Gasteiger partial charge in [-0.1, -0.05) is 0 Å². The summed E-state index contributed by atoms with van der Waals surface area (Å²) in [7, 11) is 3.28. The second kappa shape index (κ2) is 6.16. The lowest BCUT2D eigenvalue weighted by atomic mass is 10.1. The monoisotopic (exact) mass is 360 g/mol. The van der Waals surface area contributed by atoms with Gasteiger partial charge in [-0.25, -0.2) is 0 Å². The molecule has 1 unspecified atom stereocenters. The molecule has 0 N–H and O–H groups in total. The fourth-order valence-electron chi connectivity index (χ4n) is 1.87. The molecule has 2 aromatic rings. The van der Waals surface area contributed by atoms with E-state index in [0.29, 0.717) is 0 Å². The summed E-state index contributed by atoms with van der Waals surface area (Å²) in [4.78, 5) is 1.13. The van der Waals surface area contributed by atoms with Crippen LogP contribution in [0.1, 0.15) is 21.4 Å². The maximum Gasteiger partial charge on any atom is 0.133 e. The van der Waals surface area contributed by atoms with E-state index in [0.717, 1.165) is 26.4 Å². The Hall–Kier alpha value is -0.710. The first-order valence-electron chi connectivity index (χ1n) is 5.68. The van der Waals surface area contributed by atoms with Crippen LogP contribution in [-0.4, -0.2) is 14.2 Å². The van der Waals surface area contributed by atoms with Crippen molar-refractivity contribution in [1.82, 2.24) is 0 Å². The predicted octanol–water partition coefficient (Wildman–Crippen LogP) is 5.16. The Morgan fingerprint density at radius 2 is 1.89 bits per heavy atom. The van der Waals surface area contributed by atoms with Gasteiger partial charge >= 0.3 is 0 Å². The minimum Gasteiger partial charge on any atom is -0.496 e. The van der Waals surface area contributed by atoms with E-state index < -0.39 is 0 Å². The number of hydrogen-bond acceptors (Lipinski definition) is 3. The van der Waals surface area contributed by atoms with Gasteiger partial charge in [0.25, 0.3) is 0 Å². The van der Waals surface area contributed by atoms with E-state index >= 15 is 0 Å². The molecule has 0 saturated carbocycles. The van der Waals surface area contributed by atoms with Crippen molar-refractivity contribution in [1.29, 1.82) is 0 Å². The van der Waals surface area contributed by atoms with E-state index in [-0.39, 0.29) is 5.38 Å². The second-order valence-electron chi connectivity index (χ2n) is 4.06. The molecule has 102 valence electrons. The summed E-state index contributed by atoms with van der Waals surface area (Å²) in [5.74, 6) is 1.50. The molecular formula is C14H14BrClO2S. The summed E-state index contributed by atoms with van der Waals surface area (Å²) < 4.78 is 11.6. The van der Waals surface area contributed by atoms with Gasteiger partial charge in [0.1, 0.15) is 11.5 Å². The minimum atomic E-state index is -0.239. The van der Waals surface area contributed by atoms with Crippen molar-refractivity contribution in [3.8, 4) is 11.5 Å². The number of halogens is 2. The molecule has 0 aliphatic carbocycles. The molecule has 5 heteroatoms. The number of alkyl halides is 1. The number of aryl methyl sites for hydroxylation is 1. The summed E-state index contributed by atoms with van der Waals surface area (Å²) in [6.45, 7) is 2.06. The average Bonchev–Trinajstić information content (AvgIpc) is 2.83. The van der Waals surface area contributed by atoms with Crippen LogP contribution in [0.3, 0.4) is 0 Å². The quantitative estimate of drug-likeness (QED) is 0.700. The molecule has 1 heterocycles. The standard InChI is InChI=1S/C14H14BrClO2S/c1-8-4-5-19-14(8)13(16)9-6-12(18-3)10(15)7-11(9)17-2/h4-7,13H,1-3H3. The lowest BCUT2D eigenvalue weighted by Crippen LogP contribution is -1.99. The van der Waals surface area contributed by atoms with Crippen LogP contribution in [0.15, 0.2) is 28.1 Å². The van der Waals surface area contributed by atoms with Crippen LogP contribution in [-0.2, 0) is 0 Å². The first kappa shape index (κ1) is 14.7. The molecule has 2 rings (SSSR count). The molecule has 0 aliphatic heterocycles. The molecule has 0 radical (unpaired) electrons. The highest BCUT2D eigenvalue weighted by Gasteiger charge is 2.21. The van der Waals surface area contributed by atoms with Gasteiger partial charge in [0.05, 0.1) is 24.1 Å². The third-order valence-corrected chi connectivity index (χ3v) is 5.20. The van der Waals surface area contributed by atoms with E-state index in [4.69, 9.17) is 21.1 Å². The predicted molar refractivity (Wildman–Crippen MR) is 84.0 cm³/mol. The lowest BCUT2D eigenvalue weighted by molar-refractivity contribution is 0.397. The molecule has 1 aromatic heterocycles. The van der Waals surface area contributed by atoms with Crippen molar-refractivity contribution in [3.63, 3.8) is 0 Å². The Kier molecular flexibility index (Phi) is 4.76. The van der Waals surface area contributed by atoms with E-state index in [2.05, 4.69) is 28.9 Å². The molecule has 1 atom stereocenters. The largest absolute Gasteiger partial charge is 0.496 e. The molecular weight excluding hydrogens is 348 g/mol. The Balaban J connectivity index is 2.51. The molecule has 0 saturated heterocycles. The Morgan fingerprint density at radius 1 is 1.21 bits per heavy atom. The van der Waals surface area contributed by atoms with Crippen LogP contribution in [0.5, 0.6) is 11.5 Å². The first-order chi connectivity index (χ1) is 9.08. The maximum atomic E-state index is 6.60. The molecule has 2 nitrogen and oxygen atoms in total. The van der Waals surface area contributed by atoms with Crippen LogP contribution < -0.4 is 9.47 Å². The normalized spacial score (nSPS) is 12.3. The van der Waals surface area contributed by atoms with Crippen molar-refractivity contribution >= 4 is 38.9 Å². The van der Waals surface area contributed by atoms with Crippen molar-refractivity contribution in [2.24, 2.45) is 0 Å². The van der Waals surface area contributed by atoms with E-state index in [9.17, 15) is 0 Å². The molecule has 19 heavy (non-hydrogen) atoms. The van der Waals surface area contributed by atoms with Gasteiger partial charge in [0, 0.05) is 10.4 Å². The van der Waals surface area contributed by atoms with Gasteiger partial charge in [0.15, 0.2) is 0 Å². The number of thiophene rings is 1. The van der Waals surface area contributed by atoms with Crippen molar-refractivity contribution in [2.75, 3.05) is 14.2 Å². The number of ether oxygens (including phenoxy) is 2. The summed E-state index contributed by atoms with van der Waals surface area (Å²) in [5.41, 5.74) is 2.10. The average molecular weight is 362 g/mol. The van der Waals surface area contributed by atoms with Gasteiger partial charge in [0.2, 0.25) is 0 Å². The highest BCUT2D eigenvalue weighted by molar-refractivity contribution is 9.10. The molecule has 0 aliphatic rings. The molecule has 0 spiro atoms. The lowest BCUT2D eigenvalue weighted by Gasteiger charge is -2.16. The maximum absolute atomic E-state index is 6.60. The smallest absolute Gasteiger partial charge is 0.133 e. The summed E-state index contributed by atoms with van der Waals surface area (Å²) in [6.07, 6.45) is 0. The fraction of sp³-hybridized carbons (Fsp3) is 0.286. The SMILES string of the molecule is COc1cc(C(Cl)c2sccc2C)c(OC)cc1Br. The highest BCUT2D eigenvalue weighted by atomic mass is 79.9. The zero-order chi connectivity index (χ0) is 14.0. The van der Waals surface area contributed by atoms with Crippen LogP contribution in [0, 0.1) is 6.92 Å². The number of rotatable bonds is 4. The van der Waals surface area contributed by atoms with Crippen LogP contribution in [0.4, 0.5) is 0 Å². The zero-order valence-corrected chi connectivity index (χ0v) is 14.0. The van der Waals surface area contributed by atoms with Gasteiger partial charge in [-0.3, -0.25) is 0 Å². The molecule has 0 fully saturated rings. The fourth-order valence-corrected chi connectivity index (χ4v) is 3.77. The van der Waals surface area contributed by atoms with Gasteiger partial charge in [-0.15, -0.1) is 22.9 Å². The minimum absolute atomic E-state index is 0.239. The number of benzene rings is 1. The Bertz CT molecular complexity index is 583. The summed E-state index contributed by atoms with van der Waals surface area (Å²) in [5, 5.41) is 1.81. The first-order valence-corrected chi connectivity index (χ1v) is 7.78. The van der Waals surface area contributed by atoms with Crippen molar-refractivity contribution in [2.45, 2.75) is 12.3 Å². The number of methoxy groups -OCH3 is 2. The third-order valence-electron chi connectivity index (χ3n) is 2.91. The van der Waals surface area contributed by atoms with E-state index in [1.54, 1.807) is 25.6 Å². The molecule has 0 bridgehead atoms. The highest BCUT2D eigenvalue weighted by Crippen LogP contribution is 2.42. The van der Waals surface area contributed by atoms with Crippen molar-refractivity contribution in [3.05, 3.63) is 44.1 Å². The van der Waals surface area contributed by atoms with Gasteiger partial charge < -0.3 is 9.47 Å². The zero-order valence-electron chi connectivity index (χ0n) is 10.9. The van der Waals surface area contributed by atoms with Crippen LogP contribution >= 0.6 is 38.9 Å². The van der Waals surface area contributed by atoms with Crippen LogP contribution in [0.25, 0.3) is 0 Å². The van der Waals surface area contributed by atoms with E-state index in [1.165, 1.54) is 5.56 Å². The van der Waals surface area contributed by atoms with Crippen LogP contribution in [0.2, 0.25) is 0 Å². The second-order valence-corrected chi connectivity index (χ2v) is 6.30. The Labute approximate surface area is 130 Å². The molecule has 1 aromatic carbocycles. The summed E-state index contributed by atoms with van der Waals surface area (Å²) >= 11 is 11.7. The van der Waals surface area contributed by atoms with Gasteiger partial charge in [-0.2, -0.15) is 0 Å². The van der Waals surface area contributed by atoms with E-state index in [1.807, 2.05) is 17.5 Å². The Morgan fingerprint density at radius 3 is 2.42 bits per heavy atom. The molecule has 0 amide bonds. The van der Waals surface area contributed by atoms with Crippen molar-refractivity contribution < 1.29 is 9.47 Å². The number of hydrogen-bond donors (Lipinski definition) is 0. The topological polar surface area (TPSA) is 18.5 Å². The summed E-state index contributed by atoms with van der Waals surface area (Å²) in [6, 6.07) is 5.87. The van der Waals surface area contributed by atoms with Gasteiger partial charge in [-0.05, 0) is 52.0 Å². The third kappa shape index (κ3) is 2.91.